The third-order valence-electron chi connectivity index (χ3n) is 4.59. The lowest BCUT2D eigenvalue weighted by atomic mass is 10.0. The highest BCUT2D eigenvalue weighted by Crippen LogP contribution is 2.41. The summed E-state index contributed by atoms with van der Waals surface area (Å²) in [7, 11) is 3.13. The van der Waals surface area contributed by atoms with Crippen LogP contribution in [0.15, 0.2) is 42.5 Å². The van der Waals surface area contributed by atoms with Gasteiger partial charge in [-0.15, -0.1) is 0 Å². The molecule has 1 heterocycles. The van der Waals surface area contributed by atoms with E-state index < -0.39 is 12.1 Å². The number of amides is 1. The van der Waals surface area contributed by atoms with Gasteiger partial charge in [0.15, 0.2) is 11.5 Å². The van der Waals surface area contributed by atoms with Crippen LogP contribution < -0.4 is 15.2 Å². The summed E-state index contributed by atoms with van der Waals surface area (Å²) >= 11 is 0. The number of fused-ring (bicyclic) bond motifs is 1. The van der Waals surface area contributed by atoms with E-state index >= 15 is 0 Å². The van der Waals surface area contributed by atoms with E-state index in [4.69, 9.17) is 15.2 Å². The number of carbonyl (C=O) groups is 1. The van der Waals surface area contributed by atoms with E-state index in [1.165, 1.54) is 0 Å². The molecule has 0 aliphatic carbocycles. The smallest absolute Gasteiger partial charge is 0.219 e. The predicted octanol–water partition coefficient (Wildman–Crippen LogP) is 2.13. The van der Waals surface area contributed by atoms with Crippen molar-refractivity contribution in [2.45, 2.75) is 25.2 Å². The molecule has 0 spiro atoms. The van der Waals surface area contributed by atoms with Gasteiger partial charge in [0.05, 0.1) is 14.2 Å². The lowest BCUT2D eigenvalue weighted by Crippen LogP contribution is -2.31. The first-order valence-electron chi connectivity index (χ1n) is 8.07. The molecule has 0 fully saturated rings. The molecule has 0 radical (unpaired) electrons. The van der Waals surface area contributed by atoms with Crippen molar-refractivity contribution in [3.8, 4) is 11.5 Å². The fourth-order valence-electron chi connectivity index (χ4n) is 3.35. The summed E-state index contributed by atoms with van der Waals surface area (Å²) in [4.78, 5) is 13.5. The molecule has 6 nitrogen and oxygen atoms in total. The summed E-state index contributed by atoms with van der Waals surface area (Å²) in [5, 5.41) is 10.7. The zero-order valence-corrected chi connectivity index (χ0v) is 14.3. The molecule has 2 atom stereocenters. The number of hydrogen-bond acceptors (Lipinski definition) is 5. The number of benzene rings is 2. The van der Waals surface area contributed by atoms with Crippen molar-refractivity contribution >= 4 is 5.91 Å². The van der Waals surface area contributed by atoms with Crippen LogP contribution in [0.1, 0.15) is 35.4 Å². The van der Waals surface area contributed by atoms with Crippen LogP contribution in [0.3, 0.4) is 0 Å². The Labute approximate surface area is 146 Å². The van der Waals surface area contributed by atoms with Gasteiger partial charge in [-0.1, -0.05) is 30.3 Å². The molecule has 2 unspecified atom stereocenters. The molecule has 0 saturated heterocycles. The van der Waals surface area contributed by atoms with E-state index in [0.717, 1.165) is 16.7 Å². The topological polar surface area (TPSA) is 85.0 Å². The summed E-state index contributed by atoms with van der Waals surface area (Å²) in [6, 6.07) is 12.8. The maximum absolute atomic E-state index is 11.7. The van der Waals surface area contributed by atoms with E-state index in [-0.39, 0.29) is 12.5 Å². The lowest BCUT2D eigenvalue weighted by molar-refractivity contribution is -0.120. The maximum Gasteiger partial charge on any atom is 0.219 e. The van der Waals surface area contributed by atoms with E-state index in [0.29, 0.717) is 18.0 Å². The minimum atomic E-state index is -0.784. The molecule has 1 aliphatic rings. The average Bonchev–Trinajstić information content (AvgIpc) is 2.96. The van der Waals surface area contributed by atoms with Gasteiger partial charge in [0.25, 0.3) is 0 Å². The minimum Gasteiger partial charge on any atom is -0.493 e. The molecule has 0 aromatic heterocycles. The summed E-state index contributed by atoms with van der Waals surface area (Å²) < 4.78 is 10.6. The van der Waals surface area contributed by atoms with Crippen molar-refractivity contribution in [1.82, 2.24) is 4.90 Å². The first kappa shape index (κ1) is 17.3. The second kappa shape index (κ2) is 7.13. The highest BCUT2D eigenvalue weighted by molar-refractivity contribution is 5.74. The molecule has 6 heteroatoms. The quantitative estimate of drug-likeness (QED) is 0.840. The van der Waals surface area contributed by atoms with Gasteiger partial charge in [0.1, 0.15) is 6.23 Å². The number of aliphatic hydroxyl groups excluding tert-OH is 1. The molecule has 132 valence electrons. The Morgan fingerprint density at radius 2 is 1.96 bits per heavy atom. The molecule has 3 rings (SSSR count). The Hall–Kier alpha value is -2.57. The predicted molar refractivity (Wildman–Crippen MR) is 93.0 cm³/mol. The summed E-state index contributed by atoms with van der Waals surface area (Å²) in [6.07, 6.45) is -0.686. The molecule has 2 aromatic rings. The minimum absolute atomic E-state index is 0.0977. The van der Waals surface area contributed by atoms with Crippen LogP contribution in [0.5, 0.6) is 11.5 Å². The van der Waals surface area contributed by atoms with Crippen LogP contribution >= 0.6 is 0 Å². The lowest BCUT2D eigenvalue weighted by Gasteiger charge is -2.30. The number of aliphatic hydroxyl groups is 1. The van der Waals surface area contributed by atoms with Crippen molar-refractivity contribution in [2.75, 3.05) is 14.2 Å². The van der Waals surface area contributed by atoms with Gasteiger partial charge in [-0.05, 0) is 28.8 Å². The molecule has 25 heavy (non-hydrogen) atoms. The zero-order valence-electron chi connectivity index (χ0n) is 14.3. The number of carbonyl (C=O) groups excluding carboxylic acids is 1. The number of hydrogen-bond donors (Lipinski definition) is 2. The molecule has 0 bridgehead atoms. The van der Waals surface area contributed by atoms with Crippen LogP contribution in [-0.2, 0) is 11.3 Å². The monoisotopic (exact) mass is 342 g/mol. The van der Waals surface area contributed by atoms with Gasteiger partial charge >= 0.3 is 0 Å². The second-order valence-corrected chi connectivity index (χ2v) is 6.05. The standard InChI is InChI=1S/C19H22N2O4/c1-24-16-8-7-12(9-17(16)25-2)15(10-18(20)22)21-11-13-5-3-4-6-14(13)19(21)23/h3-9,15,19,23H,10-11H2,1-2H3,(H2,20,22). The number of nitrogens with zero attached hydrogens (tertiary/aromatic N) is 1. The summed E-state index contributed by atoms with van der Waals surface area (Å²) in [5.74, 6) is 0.748. The number of methoxy groups -OCH3 is 2. The fourth-order valence-corrected chi connectivity index (χ4v) is 3.35. The third-order valence-corrected chi connectivity index (χ3v) is 4.59. The van der Waals surface area contributed by atoms with Crippen molar-refractivity contribution in [3.63, 3.8) is 0 Å². The Morgan fingerprint density at radius 1 is 1.24 bits per heavy atom. The van der Waals surface area contributed by atoms with E-state index in [2.05, 4.69) is 0 Å². The number of nitrogens with two attached hydrogens (primary N) is 1. The molecule has 3 N–H and O–H groups in total. The van der Waals surface area contributed by atoms with Crippen LogP contribution in [0, 0.1) is 0 Å². The number of primary amides is 1. The van der Waals surface area contributed by atoms with Gasteiger partial charge in [0.2, 0.25) is 5.91 Å². The van der Waals surface area contributed by atoms with Crippen molar-refractivity contribution in [3.05, 3.63) is 59.2 Å². The number of ether oxygens (including phenoxy) is 2. The van der Waals surface area contributed by atoms with Gasteiger partial charge in [-0.25, -0.2) is 0 Å². The van der Waals surface area contributed by atoms with Crippen LogP contribution in [0.2, 0.25) is 0 Å². The maximum atomic E-state index is 11.7. The molecular weight excluding hydrogens is 320 g/mol. The third kappa shape index (κ3) is 3.31. The Morgan fingerprint density at radius 3 is 2.60 bits per heavy atom. The first-order valence-corrected chi connectivity index (χ1v) is 8.07. The SMILES string of the molecule is COc1ccc(C(CC(N)=O)N2Cc3ccccc3C2O)cc1OC. The molecular formula is C19H22N2O4. The molecule has 1 aliphatic heterocycles. The van der Waals surface area contributed by atoms with Gasteiger partial charge < -0.3 is 20.3 Å². The van der Waals surface area contributed by atoms with Crippen LogP contribution in [0.4, 0.5) is 0 Å². The van der Waals surface area contributed by atoms with Crippen molar-refractivity contribution in [2.24, 2.45) is 5.73 Å². The normalized spacial score (nSPS) is 17.8. The van der Waals surface area contributed by atoms with E-state index in [1.807, 2.05) is 41.3 Å². The molecule has 1 amide bonds. The Bertz CT molecular complexity index is 778. The largest absolute Gasteiger partial charge is 0.493 e. The average molecular weight is 342 g/mol. The van der Waals surface area contributed by atoms with E-state index in [9.17, 15) is 9.90 Å². The molecule has 2 aromatic carbocycles. The number of rotatable bonds is 6. The Balaban J connectivity index is 1.98. The van der Waals surface area contributed by atoms with Crippen LogP contribution in [0.25, 0.3) is 0 Å². The van der Waals surface area contributed by atoms with Crippen molar-refractivity contribution < 1.29 is 19.4 Å². The zero-order chi connectivity index (χ0) is 18.0. The Kier molecular flexibility index (Phi) is 4.92. The van der Waals surface area contributed by atoms with Gasteiger partial charge in [-0.3, -0.25) is 9.69 Å². The van der Waals surface area contributed by atoms with Crippen LogP contribution in [-0.4, -0.2) is 30.1 Å². The van der Waals surface area contributed by atoms with Crippen molar-refractivity contribution in [1.29, 1.82) is 0 Å². The van der Waals surface area contributed by atoms with Gasteiger partial charge in [0, 0.05) is 19.0 Å². The van der Waals surface area contributed by atoms with Gasteiger partial charge in [-0.2, -0.15) is 0 Å². The fraction of sp³-hybridized carbons (Fsp3) is 0.316. The van der Waals surface area contributed by atoms with E-state index in [1.54, 1.807) is 20.3 Å². The highest BCUT2D eigenvalue weighted by Gasteiger charge is 2.35. The molecule has 0 saturated carbocycles. The summed E-state index contributed by atoms with van der Waals surface area (Å²) in [6.45, 7) is 0.545. The highest BCUT2D eigenvalue weighted by atomic mass is 16.5. The second-order valence-electron chi connectivity index (χ2n) is 6.05. The summed E-state index contributed by atoms with van der Waals surface area (Å²) in [5.41, 5.74) is 8.21. The first-order chi connectivity index (χ1) is 12.0.